The minimum atomic E-state index is 0.782. The summed E-state index contributed by atoms with van der Waals surface area (Å²) >= 11 is 0. The van der Waals surface area contributed by atoms with Crippen molar-refractivity contribution in [3.63, 3.8) is 0 Å². The summed E-state index contributed by atoms with van der Waals surface area (Å²) in [5, 5.41) is 0. The van der Waals surface area contributed by atoms with E-state index in [9.17, 15) is 0 Å². The Morgan fingerprint density at radius 3 is 1.48 bits per heavy atom. The first-order valence-corrected chi connectivity index (χ1v) is 7.55. The van der Waals surface area contributed by atoms with Gasteiger partial charge in [0.1, 0.15) is 0 Å². The first kappa shape index (κ1) is 16.4. The molecule has 0 heterocycles. The topological polar surface area (TPSA) is 52.0 Å². The van der Waals surface area contributed by atoms with E-state index in [-0.39, 0.29) is 0 Å². The van der Waals surface area contributed by atoms with Gasteiger partial charge in [0, 0.05) is 11.4 Å². The van der Waals surface area contributed by atoms with Crippen molar-refractivity contribution in [3.8, 4) is 11.1 Å². The van der Waals surface area contributed by atoms with Crippen LogP contribution in [-0.4, -0.2) is 0 Å². The van der Waals surface area contributed by atoms with E-state index in [1.807, 2.05) is 72.8 Å². The van der Waals surface area contributed by atoms with Gasteiger partial charge in [-0.25, -0.2) is 0 Å². The molecule has 0 amide bonds. The molecule has 2 nitrogen and oxygen atoms in total. The third kappa shape index (κ3) is 5.36. The van der Waals surface area contributed by atoms with Crippen LogP contribution in [0, 0.1) is 0 Å². The minimum Gasteiger partial charge on any atom is -0.399 e. The van der Waals surface area contributed by atoms with E-state index in [2.05, 4.69) is 18.7 Å². The lowest BCUT2D eigenvalue weighted by Crippen LogP contribution is -1.85. The second-order valence-electron chi connectivity index (χ2n) is 5.22. The fourth-order valence-electron chi connectivity index (χ4n) is 2.13. The molecule has 0 saturated carbocycles. The van der Waals surface area contributed by atoms with Gasteiger partial charge in [0.05, 0.1) is 0 Å². The summed E-state index contributed by atoms with van der Waals surface area (Å²) in [5.41, 5.74) is 16.4. The Morgan fingerprint density at radius 2 is 1.09 bits per heavy atom. The maximum absolute atomic E-state index is 5.61. The summed E-state index contributed by atoms with van der Waals surface area (Å²) in [6.45, 7) is 3.66. The molecule has 0 bridgehead atoms. The van der Waals surface area contributed by atoms with Gasteiger partial charge in [-0.3, -0.25) is 0 Å². The first-order valence-electron chi connectivity index (χ1n) is 7.55. The van der Waals surface area contributed by atoms with Crippen molar-refractivity contribution in [3.05, 3.63) is 97.1 Å². The summed E-state index contributed by atoms with van der Waals surface area (Å²) < 4.78 is 0. The lowest BCUT2D eigenvalue weighted by Gasteiger charge is -2.02. The number of allylic oxidation sites excluding steroid dienone is 1. The maximum atomic E-state index is 5.61. The van der Waals surface area contributed by atoms with Gasteiger partial charge in [-0.2, -0.15) is 0 Å². The standard InChI is InChI=1S/C12H12N2.C9H10/c13-11-5-1-9(2-6-11)10-3-7-12(14)8-4-10;1-2-6-9-7-4-3-5-8-9/h1-8H,13-14H2;2-5,7-8H,1,6H2. The summed E-state index contributed by atoms with van der Waals surface area (Å²) in [6, 6.07) is 25.9. The van der Waals surface area contributed by atoms with Crippen LogP contribution >= 0.6 is 0 Å². The number of nitrogens with two attached hydrogens (primary N) is 2. The van der Waals surface area contributed by atoms with Crippen molar-refractivity contribution >= 4 is 11.4 Å². The number of rotatable bonds is 3. The van der Waals surface area contributed by atoms with Crippen LogP contribution in [0.3, 0.4) is 0 Å². The van der Waals surface area contributed by atoms with Gasteiger partial charge in [-0.05, 0) is 47.4 Å². The first-order chi connectivity index (χ1) is 11.2. The lowest BCUT2D eigenvalue weighted by molar-refractivity contribution is 1.28. The molecule has 116 valence electrons. The third-order valence-corrected chi connectivity index (χ3v) is 3.38. The molecule has 0 aliphatic carbocycles. The molecule has 2 heteroatoms. The SMILES string of the molecule is C=CCc1ccccc1.Nc1ccc(-c2ccc(N)cc2)cc1. The smallest absolute Gasteiger partial charge is 0.0314 e. The van der Waals surface area contributed by atoms with Crippen LogP contribution in [0.25, 0.3) is 11.1 Å². The van der Waals surface area contributed by atoms with Gasteiger partial charge in [-0.15, -0.1) is 6.58 Å². The van der Waals surface area contributed by atoms with Crippen LogP contribution in [0.4, 0.5) is 11.4 Å². The molecule has 0 spiro atoms. The molecule has 0 unspecified atom stereocenters. The van der Waals surface area contributed by atoms with Crippen molar-refractivity contribution < 1.29 is 0 Å². The molecular formula is C21H22N2. The number of nitrogen functional groups attached to an aromatic ring is 2. The van der Waals surface area contributed by atoms with Gasteiger partial charge in [0.25, 0.3) is 0 Å². The van der Waals surface area contributed by atoms with Crippen molar-refractivity contribution in [2.45, 2.75) is 6.42 Å². The zero-order valence-corrected chi connectivity index (χ0v) is 13.2. The molecule has 0 saturated heterocycles. The average molecular weight is 302 g/mol. The van der Waals surface area contributed by atoms with Crippen molar-refractivity contribution in [2.75, 3.05) is 11.5 Å². The highest BCUT2D eigenvalue weighted by Gasteiger charge is 1.95. The monoisotopic (exact) mass is 302 g/mol. The zero-order chi connectivity index (χ0) is 16.5. The third-order valence-electron chi connectivity index (χ3n) is 3.38. The van der Waals surface area contributed by atoms with E-state index < -0.39 is 0 Å². The van der Waals surface area contributed by atoms with E-state index >= 15 is 0 Å². The summed E-state index contributed by atoms with van der Waals surface area (Å²) in [4.78, 5) is 0. The highest BCUT2D eigenvalue weighted by atomic mass is 14.5. The highest BCUT2D eigenvalue weighted by Crippen LogP contribution is 2.21. The largest absolute Gasteiger partial charge is 0.399 e. The number of benzene rings is 3. The minimum absolute atomic E-state index is 0.782. The van der Waals surface area contributed by atoms with Crippen LogP contribution in [0.1, 0.15) is 5.56 Å². The zero-order valence-electron chi connectivity index (χ0n) is 13.2. The van der Waals surface area contributed by atoms with Crippen LogP contribution < -0.4 is 11.5 Å². The summed E-state index contributed by atoms with van der Waals surface area (Å²) in [6.07, 6.45) is 2.89. The number of hydrogen-bond donors (Lipinski definition) is 2. The fourth-order valence-corrected chi connectivity index (χ4v) is 2.13. The van der Waals surface area contributed by atoms with E-state index in [1.165, 1.54) is 5.56 Å². The van der Waals surface area contributed by atoms with Crippen LogP contribution in [-0.2, 0) is 6.42 Å². The maximum Gasteiger partial charge on any atom is 0.0314 e. The Balaban J connectivity index is 0.000000185. The van der Waals surface area contributed by atoms with Crippen LogP contribution in [0.15, 0.2) is 91.5 Å². The molecule has 0 aliphatic rings. The van der Waals surface area contributed by atoms with E-state index in [1.54, 1.807) is 0 Å². The Bertz CT molecular complexity index is 671. The highest BCUT2D eigenvalue weighted by molar-refractivity contribution is 5.67. The Labute approximate surface area is 138 Å². The Hall–Kier alpha value is -3.00. The number of hydrogen-bond acceptors (Lipinski definition) is 2. The van der Waals surface area contributed by atoms with Gasteiger partial charge in [0.15, 0.2) is 0 Å². The van der Waals surface area contributed by atoms with Gasteiger partial charge in [-0.1, -0.05) is 60.7 Å². The van der Waals surface area contributed by atoms with Crippen LogP contribution in [0.5, 0.6) is 0 Å². The predicted molar refractivity (Wildman–Crippen MR) is 101 cm³/mol. The lowest BCUT2D eigenvalue weighted by atomic mass is 10.1. The second kappa shape index (κ2) is 8.44. The Morgan fingerprint density at radius 1 is 0.652 bits per heavy atom. The van der Waals surface area contributed by atoms with Crippen molar-refractivity contribution in [1.82, 2.24) is 0 Å². The molecule has 0 radical (unpaired) electrons. The van der Waals surface area contributed by atoms with Gasteiger partial charge >= 0.3 is 0 Å². The molecule has 23 heavy (non-hydrogen) atoms. The predicted octanol–water partition coefficient (Wildman–Crippen LogP) is 4.93. The number of anilines is 2. The summed E-state index contributed by atoms with van der Waals surface area (Å²) in [5.74, 6) is 0. The molecule has 3 aromatic rings. The summed E-state index contributed by atoms with van der Waals surface area (Å²) in [7, 11) is 0. The second-order valence-corrected chi connectivity index (χ2v) is 5.22. The van der Waals surface area contributed by atoms with Gasteiger partial charge < -0.3 is 11.5 Å². The fraction of sp³-hybridized carbons (Fsp3) is 0.0476. The molecule has 0 fully saturated rings. The normalized spacial score (nSPS) is 9.57. The molecule has 4 N–H and O–H groups in total. The quantitative estimate of drug-likeness (QED) is 0.532. The van der Waals surface area contributed by atoms with E-state index in [4.69, 9.17) is 11.5 Å². The molecule has 0 aliphatic heterocycles. The molecule has 3 aromatic carbocycles. The Kier molecular flexibility index (Phi) is 6.01. The molecule has 0 atom stereocenters. The molecule has 3 rings (SSSR count). The van der Waals surface area contributed by atoms with Crippen molar-refractivity contribution in [2.24, 2.45) is 0 Å². The van der Waals surface area contributed by atoms with Crippen molar-refractivity contribution in [1.29, 1.82) is 0 Å². The van der Waals surface area contributed by atoms with E-state index in [0.29, 0.717) is 0 Å². The molecular weight excluding hydrogens is 280 g/mol. The van der Waals surface area contributed by atoms with E-state index in [0.717, 1.165) is 28.9 Å². The average Bonchev–Trinajstić information content (AvgIpc) is 2.58. The molecule has 0 aromatic heterocycles. The van der Waals surface area contributed by atoms with Gasteiger partial charge in [0.2, 0.25) is 0 Å². The van der Waals surface area contributed by atoms with Crippen LogP contribution in [0.2, 0.25) is 0 Å².